The number of rotatable bonds is 5. The molecule has 0 radical (unpaired) electrons. The summed E-state index contributed by atoms with van der Waals surface area (Å²) in [7, 11) is 0. The smallest absolute Gasteiger partial charge is 0.00683 e. The van der Waals surface area contributed by atoms with Crippen molar-refractivity contribution in [3.63, 3.8) is 0 Å². The van der Waals surface area contributed by atoms with Gasteiger partial charge in [-0.2, -0.15) is 0 Å². The van der Waals surface area contributed by atoms with Crippen LogP contribution in [0, 0.1) is 17.3 Å². The third-order valence-corrected chi connectivity index (χ3v) is 5.86. The summed E-state index contributed by atoms with van der Waals surface area (Å²) in [5.41, 5.74) is 0.554. The van der Waals surface area contributed by atoms with Gasteiger partial charge in [-0.25, -0.2) is 0 Å². The first-order valence-corrected chi connectivity index (χ1v) is 8.76. The molecule has 2 heteroatoms. The molecular formula is C17H27NS. The summed E-state index contributed by atoms with van der Waals surface area (Å²) in [5, 5.41) is 5.99. The molecule has 2 fully saturated rings. The van der Waals surface area contributed by atoms with Crippen LogP contribution in [0.15, 0.2) is 17.5 Å². The van der Waals surface area contributed by atoms with E-state index in [0.717, 1.165) is 17.9 Å². The zero-order chi connectivity index (χ0) is 13.3. The Morgan fingerprint density at radius 1 is 1.26 bits per heavy atom. The van der Waals surface area contributed by atoms with Crippen LogP contribution >= 0.6 is 11.3 Å². The minimum atomic E-state index is 0.554. The third kappa shape index (κ3) is 3.82. The van der Waals surface area contributed by atoms with Crippen molar-refractivity contribution in [1.82, 2.24) is 5.32 Å². The maximum absolute atomic E-state index is 3.77. The largest absolute Gasteiger partial charge is 0.314 e. The van der Waals surface area contributed by atoms with Gasteiger partial charge in [0.15, 0.2) is 0 Å². The van der Waals surface area contributed by atoms with E-state index in [9.17, 15) is 0 Å². The van der Waals surface area contributed by atoms with E-state index in [2.05, 4.69) is 36.7 Å². The molecule has 2 unspecified atom stereocenters. The van der Waals surface area contributed by atoms with Gasteiger partial charge < -0.3 is 5.32 Å². The van der Waals surface area contributed by atoms with Crippen LogP contribution in [0.25, 0.3) is 0 Å². The molecule has 1 heterocycles. The van der Waals surface area contributed by atoms with Gasteiger partial charge in [0, 0.05) is 10.9 Å². The number of hydrogen-bond donors (Lipinski definition) is 1. The molecule has 0 aliphatic heterocycles. The summed E-state index contributed by atoms with van der Waals surface area (Å²) in [6.07, 6.45) is 8.36. The van der Waals surface area contributed by atoms with Crippen molar-refractivity contribution < 1.29 is 0 Å². The van der Waals surface area contributed by atoms with E-state index in [1.54, 1.807) is 4.88 Å². The van der Waals surface area contributed by atoms with Gasteiger partial charge in [0.2, 0.25) is 0 Å². The van der Waals surface area contributed by atoms with Gasteiger partial charge in [-0.1, -0.05) is 19.9 Å². The second-order valence-electron chi connectivity index (χ2n) is 7.39. The molecule has 2 aliphatic rings. The second kappa shape index (κ2) is 5.57. The fraction of sp³-hybridized carbons (Fsp3) is 0.765. The van der Waals surface area contributed by atoms with Crippen molar-refractivity contribution in [3.05, 3.63) is 22.4 Å². The van der Waals surface area contributed by atoms with Gasteiger partial charge in [-0.3, -0.25) is 0 Å². The zero-order valence-corrected chi connectivity index (χ0v) is 13.1. The number of nitrogens with one attached hydrogen (secondary N) is 1. The van der Waals surface area contributed by atoms with Crippen molar-refractivity contribution in [3.8, 4) is 0 Å². The quantitative estimate of drug-likeness (QED) is 0.836. The van der Waals surface area contributed by atoms with Crippen molar-refractivity contribution >= 4 is 11.3 Å². The number of hydrogen-bond acceptors (Lipinski definition) is 2. The van der Waals surface area contributed by atoms with E-state index >= 15 is 0 Å². The normalized spacial score (nSPS) is 30.4. The maximum Gasteiger partial charge on any atom is 0.00683 e. The Morgan fingerprint density at radius 2 is 2.11 bits per heavy atom. The van der Waals surface area contributed by atoms with Gasteiger partial charge in [0.05, 0.1) is 0 Å². The summed E-state index contributed by atoms with van der Waals surface area (Å²) in [4.78, 5) is 1.58. The molecule has 1 N–H and O–H groups in total. The van der Waals surface area contributed by atoms with Gasteiger partial charge >= 0.3 is 0 Å². The molecule has 0 saturated heterocycles. The van der Waals surface area contributed by atoms with Crippen LogP contribution in [-0.4, -0.2) is 12.6 Å². The summed E-state index contributed by atoms with van der Waals surface area (Å²) >= 11 is 1.94. The van der Waals surface area contributed by atoms with E-state index in [-0.39, 0.29) is 0 Å². The highest BCUT2D eigenvalue weighted by molar-refractivity contribution is 7.09. The monoisotopic (exact) mass is 277 g/mol. The van der Waals surface area contributed by atoms with Crippen molar-refractivity contribution in [2.75, 3.05) is 6.54 Å². The molecule has 3 rings (SSSR count). The van der Waals surface area contributed by atoms with Crippen LogP contribution in [0.3, 0.4) is 0 Å². The van der Waals surface area contributed by atoms with Crippen LogP contribution in [0.1, 0.15) is 50.8 Å². The molecule has 2 aliphatic carbocycles. The van der Waals surface area contributed by atoms with Crippen LogP contribution < -0.4 is 5.32 Å². The van der Waals surface area contributed by atoms with Crippen molar-refractivity contribution in [2.24, 2.45) is 17.3 Å². The third-order valence-electron chi connectivity index (χ3n) is 4.96. The van der Waals surface area contributed by atoms with Crippen LogP contribution in [-0.2, 0) is 6.42 Å². The molecule has 1 aromatic heterocycles. The highest BCUT2D eigenvalue weighted by atomic mass is 32.1. The Balaban J connectivity index is 1.62. The molecule has 106 valence electrons. The Kier molecular flexibility index (Phi) is 4.00. The zero-order valence-electron chi connectivity index (χ0n) is 12.3. The Hall–Kier alpha value is -0.340. The minimum Gasteiger partial charge on any atom is -0.314 e. The molecule has 1 nitrogen and oxygen atoms in total. The maximum atomic E-state index is 3.77. The molecule has 0 bridgehead atoms. The topological polar surface area (TPSA) is 12.0 Å². The lowest BCUT2D eigenvalue weighted by molar-refractivity contribution is 0.116. The fourth-order valence-electron chi connectivity index (χ4n) is 3.59. The predicted molar refractivity (Wildman–Crippen MR) is 83.7 cm³/mol. The SMILES string of the molecule is CC1(C)CCC(CNC2CC2)C(Cc2cccs2)C1. The molecule has 2 atom stereocenters. The molecule has 0 aromatic carbocycles. The first kappa shape index (κ1) is 13.6. The second-order valence-corrected chi connectivity index (χ2v) is 8.43. The molecule has 1 aromatic rings. The Morgan fingerprint density at radius 3 is 2.79 bits per heavy atom. The highest BCUT2D eigenvalue weighted by Gasteiger charge is 2.35. The predicted octanol–water partition coefficient (Wildman–Crippen LogP) is 4.49. The molecular weight excluding hydrogens is 250 g/mol. The van der Waals surface area contributed by atoms with E-state index < -0.39 is 0 Å². The van der Waals surface area contributed by atoms with Gasteiger partial charge in [-0.05, 0) is 73.8 Å². The summed E-state index contributed by atoms with van der Waals surface area (Å²) in [5.74, 6) is 1.78. The average molecular weight is 277 g/mol. The first-order valence-electron chi connectivity index (χ1n) is 7.88. The van der Waals surface area contributed by atoms with E-state index in [0.29, 0.717) is 5.41 Å². The van der Waals surface area contributed by atoms with Crippen LogP contribution in [0.4, 0.5) is 0 Å². The lowest BCUT2D eigenvalue weighted by Gasteiger charge is -2.41. The van der Waals surface area contributed by atoms with Gasteiger partial charge in [0.25, 0.3) is 0 Å². The molecule has 2 saturated carbocycles. The fourth-order valence-corrected chi connectivity index (χ4v) is 4.39. The summed E-state index contributed by atoms with van der Waals surface area (Å²) in [6, 6.07) is 5.38. The number of thiophene rings is 1. The Bertz CT molecular complexity index is 389. The first-order chi connectivity index (χ1) is 9.12. The van der Waals surface area contributed by atoms with Gasteiger partial charge in [0.1, 0.15) is 0 Å². The summed E-state index contributed by atoms with van der Waals surface area (Å²) < 4.78 is 0. The average Bonchev–Trinajstić information content (AvgIpc) is 3.04. The molecule has 0 spiro atoms. The standard InChI is InChI=1S/C17H27NS/c1-17(2)8-7-13(12-18-15-5-6-15)14(11-17)10-16-4-3-9-19-16/h3-4,9,13-15,18H,5-8,10-12H2,1-2H3. The van der Waals surface area contributed by atoms with E-state index in [4.69, 9.17) is 0 Å². The summed E-state index contributed by atoms with van der Waals surface area (Å²) in [6.45, 7) is 6.18. The minimum absolute atomic E-state index is 0.554. The van der Waals surface area contributed by atoms with Crippen molar-refractivity contribution in [2.45, 2.75) is 58.4 Å². The van der Waals surface area contributed by atoms with Gasteiger partial charge in [-0.15, -0.1) is 11.3 Å². The Labute approximate surface area is 121 Å². The highest BCUT2D eigenvalue weighted by Crippen LogP contribution is 2.43. The van der Waals surface area contributed by atoms with Crippen LogP contribution in [0.5, 0.6) is 0 Å². The lowest BCUT2D eigenvalue weighted by Crippen LogP contribution is -2.37. The molecule has 0 amide bonds. The van der Waals surface area contributed by atoms with Crippen molar-refractivity contribution in [1.29, 1.82) is 0 Å². The lowest BCUT2D eigenvalue weighted by atomic mass is 9.66. The van der Waals surface area contributed by atoms with Crippen LogP contribution in [0.2, 0.25) is 0 Å². The van der Waals surface area contributed by atoms with E-state index in [1.807, 2.05) is 11.3 Å². The molecule has 19 heavy (non-hydrogen) atoms. The van der Waals surface area contributed by atoms with E-state index in [1.165, 1.54) is 45.1 Å².